The highest BCUT2D eigenvalue weighted by Crippen LogP contribution is 2.42. The summed E-state index contributed by atoms with van der Waals surface area (Å²) in [7, 11) is 0. The van der Waals surface area contributed by atoms with Gasteiger partial charge >= 0.3 is 0 Å². The Morgan fingerprint density at radius 2 is 2.16 bits per heavy atom. The smallest absolute Gasteiger partial charge is 0.0549 e. The molecule has 0 radical (unpaired) electrons. The van der Waals surface area contributed by atoms with Crippen molar-refractivity contribution in [3.63, 3.8) is 0 Å². The van der Waals surface area contributed by atoms with Gasteiger partial charge in [-0.2, -0.15) is 0 Å². The van der Waals surface area contributed by atoms with Gasteiger partial charge in [0.1, 0.15) is 0 Å². The zero-order valence-electron chi connectivity index (χ0n) is 11.4. The number of nitrogens with zero attached hydrogens (tertiary/aromatic N) is 1. The maximum Gasteiger partial charge on any atom is 0.0549 e. The third kappa shape index (κ3) is 2.65. The van der Waals surface area contributed by atoms with E-state index >= 15 is 0 Å². The Morgan fingerprint density at radius 1 is 1.42 bits per heavy atom. The molecule has 4 heteroatoms. The van der Waals surface area contributed by atoms with Crippen molar-refractivity contribution < 1.29 is 0 Å². The van der Waals surface area contributed by atoms with Gasteiger partial charge in [0.2, 0.25) is 0 Å². The second kappa shape index (κ2) is 4.94. The van der Waals surface area contributed by atoms with E-state index < -0.39 is 0 Å². The Kier molecular flexibility index (Phi) is 3.57. The van der Waals surface area contributed by atoms with Crippen LogP contribution in [0.1, 0.15) is 26.7 Å². The summed E-state index contributed by atoms with van der Waals surface area (Å²) >= 11 is 9.62. The van der Waals surface area contributed by atoms with E-state index in [1.165, 1.54) is 18.5 Å². The molecule has 1 aliphatic carbocycles. The Morgan fingerprint density at radius 3 is 2.79 bits per heavy atom. The van der Waals surface area contributed by atoms with Gasteiger partial charge in [-0.3, -0.25) is 0 Å². The first-order chi connectivity index (χ1) is 8.99. The minimum absolute atomic E-state index is 0.263. The second-order valence-electron chi connectivity index (χ2n) is 6.15. The average molecular weight is 344 g/mol. The molecular formula is C15H20BrClN2. The summed E-state index contributed by atoms with van der Waals surface area (Å²) in [6.07, 6.45) is 2.74. The van der Waals surface area contributed by atoms with Gasteiger partial charge in [0, 0.05) is 34.8 Å². The van der Waals surface area contributed by atoms with Crippen molar-refractivity contribution >= 4 is 33.2 Å². The van der Waals surface area contributed by atoms with Gasteiger partial charge in [-0.05, 0) is 66.7 Å². The van der Waals surface area contributed by atoms with E-state index in [4.69, 9.17) is 11.6 Å². The number of hydrogen-bond acceptors (Lipinski definition) is 2. The highest BCUT2D eigenvalue weighted by atomic mass is 79.9. The summed E-state index contributed by atoms with van der Waals surface area (Å²) in [6.45, 7) is 6.77. The molecule has 2 fully saturated rings. The molecule has 2 nitrogen and oxygen atoms in total. The Labute approximate surface area is 128 Å². The Balaban J connectivity index is 1.86. The summed E-state index contributed by atoms with van der Waals surface area (Å²) in [5.74, 6) is 0.846. The fourth-order valence-electron chi connectivity index (χ4n) is 3.06. The van der Waals surface area contributed by atoms with E-state index in [1.807, 2.05) is 6.07 Å². The van der Waals surface area contributed by atoms with Crippen LogP contribution in [0.25, 0.3) is 0 Å². The third-order valence-corrected chi connectivity index (χ3v) is 5.76. The lowest BCUT2D eigenvalue weighted by atomic mass is 9.91. The molecule has 1 aromatic carbocycles. The zero-order chi connectivity index (χ0) is 13.6. The number of benzene rings is 1. The molecule has 1 aliphatic heterocycles. The topological polar surface area (TPSA) is 15.3 Å². The molecule has 0 aromatic heterocycles. The molecule has 0 spiro atoms. The molecule has 1 heterocycles. The van der Waals surface area contributed by atoms with E-state index in [0.29, 0.717) is 6.04 Å². The summed E-state index contributed by atoms with van der Waals surface area (Å²) in [6, 6.07) is 6.75. The van der Waals surface area contributed by atoms with Gasteiger partial charge in [-0.15, -0.1) is 0 Å². The number of anilines is 1. The number of hydrogen-bond donors (Lipinski definition) is 1. The molecule has 1 N–H and O–H groups in total. The maximum absolute atomic E-state index is 6.09. The maximum atomic E-state index is 6.09. The standard InChI is InChI=1S/C15H20BrClN2/c1-10-8-18-15(2,11-3-4-11)9-19(10)12-5-6-14(17)13(16)7-12/h5-7,10-11,18H,3-4,8-9H2,1-2H3. The molecule has 2 unspecified atom stereocenters. The van der Waals surface area contributed by atoms with Crippen LogP contribution in [-0.4, -0.2) is 24.7 Å². The van der Waals surface area contributed by atoms with Crippen molar-refractivity contribution in [3.8, 4) is 0 Å². The monoisotopic (exact) mass is 342 g/mol. The number of nitrogens with one attached hydrogen (secondary N) is 1. The third-order valence-electron chi connectivity index (χ3n) is 4.55. The molecule has 0 amide bonds. The van der Waals surface area contributed by atoms with E-state index in [9.17, 15) is 0 Å². The summed E-state index contributed by atoms with van der Waals surface area (Å²) < 4.78 is 0.977. The summed E-state index contributed by atoms with van der Waals surface area (Å²) in [5, 5.41) is 4.53. The van der Waals surface area contributed by atoms with Crippen LogP contribution in [0.5, 0.6) is 0 Å². The average Bonchev–Trinajstić information content (AvgIpc) is 3.21. The molecule has 2 atom stereocenters. The van der Waals surface area contributed by atoms with Crippen LogP contribution in [0.3, 0.4) is 0 Å². The predicted octanol–water partition coefficient (Wildman–Crippen LogP) is 4.07. The lowest BCUT2D eigenvalue weighted by molar-refractivity contribution is 0.261. The van der Waals surface area contributed by atoms with Gasteiger partial charge in [-0.1, -0.05) is 11.6 Å². The highest BCUT2D eigenvalue weighted by Gasteiger charge is 2.45. The van der Waals surface area contributed by atoms with Crippen molar-refractivity contribution in [2.75, 3.05) is 18.0 Å². The normalized spacial score (nSPS) is 31.6. The van der Waals surface area contributed by atoms with E-state index in [2.05, 4.69) is 52.1 Å². The quantitative estimate of drug-likeness (QED) is 0.871. The molecule has 3 rings (SSSR count). The lowest BCUT2D eigenvalue weighted by Crippen LogP contribution is -2.63. The largest absolute Gasteiger partial charge is 0.366 e. The van der Waals surface area contributed by atoms with Crippen LogP contribution < -0.4 is 10.2 Å². The predicted molar refractivity (Wildman–Crippen MR) is 85.1 cm³/mol. The van der Waals surface area contributed by atoms with Crippen molar-refractivity contribution in [2.45, 2.75) is 38.3 Å². The molecular weight excluding hydrogens is 324 g/mol. The minimum atomic E-state index is 0.263. The summed E-state index contributed by atoms with van der Waals surface area (Å²) in [5.41, 5.74) is 1.52. The van der Waals surface area contributed by atoms with Gasteiger partial charge < -0.3 is 10.2 Å². The molecule has 104 valence electrons. The van der Waals surface area contributed by atoms with E-state index in [-0.39, 0.29) is 5.54 Å². The molecule has 0 bridgehead atoms. The SMILES string of the molecule is CC1CNC(C)(C2CC2)CN1c1ccc(Cl)c(Br)c1. The number of rotatable bonds is 2. The first-order valence-electron chi connectivity index (χ1n) is 6.96. The molecule has 2 aliphatic rings. The minimum Gasteiger partial charge on any atom is -0.366 e. The molecule has 19 heavy (non-hydrogen) atoms. The Hall–Kier alpha value is -0.250. The molecule has 1 saturated heterocycles. The summed E-state index contributed by atoms with van der Waals surface area (Å²) in [4.78, 5) is 2.51. The highest BCUT2D eigenvalue weighted by molar-refractivity contribution is 9.10. The van der Waals surface area contributed by atoms with Crippen LogP contribution >= 0.6 is 27.5 Å². The molecule has 1 aromatic rings. The number of halogens is 2. The van der Waals surface area contributed by atoms with E-state index in [1.54, 1.807) is 0 Å². The van der Waals surface area contributed by atoms with Crippen LogP contribution in [0.4, 0.5) is 5.69 Å². The fourth-order valence-corrected chi connectivity index (χ4v) is 3.54. The van der Waals surface area contributed by atoms with Crippen LogP contribution in [0.2, 0.25) is 5.02 Å². The van der Waals surface area contributed by atoms with Crippen molar-refractivity contribution in [2.24, 2.45) is 5.92 Å². The van der Waals surface area contributed by atoms with Gasteiger partial charge in [0.15, 0.2) is 0 Å². The van der Waals surface area contributed by atoms with E-state index in [0.717, 1.165) is 28.5 Å². The van der Waals surface area contributed by atoms with Crippen molar-refractivity contribution in [1.29, 1.82) is 0 Å². The molecule has 1 saturated carbocycles. The van der Waals surface area contributed by atoms with Gasteiger partial charge in [0.25, 0.3) is 0 Å². The lowest BCUT2D eigenvalue weighted by Gasteiger charge is -2.47. The fraction of sp³-hybridized carbons (Fsp3) is 0.600. The van der Waals surface area contributed by atoms with Crippen LogP contribution in [-0.2, 0) is 0 Å². The number of piperazine rings is 1. The van der Waals surface area contributed by atoms with Crippen molar-refractivity contribution in [3.05, 3.63) is 27.7 Å². The Bertz CT molecular complexity index is 489. The second-order valence-corrected chi connectivity index (χ2v) is 7.41. The first kappa shape index (κ1) is 13.7. The van der Waals surface area contributed by atoms with Crippen LogP contribution in [0.15, 0.2) is 22.7 Å². The van der Waals surface area contributed by atoms with Crippen LogP contribution in [0, 0.1) is 5.92 Å². The van der Waals surface area contributed by atoms with Gasteiger partial charge in [-0.25, -0.2) is 0 Å². The zero-order valence-corrected chi connectivity index (χ0v) is 13.8. The first-order valence-corrected chi connectivity index (χ1v) is 8.13. The van der Waals surface area contributed by atoms with Gasteiger partial charge in [0.05, 0.1) is 5.02 Å². The van der Waals surface area contributed by atoms with Crippen molar-refractivity contribution in [1.82, 2.24) is 5.32 Å².